The van der Waals surface area contributed by atoms with Gasteiger partial charge in [-0.05, 0) is 6.92 Å². The average molecular weight is 153 g/mol. The van der Waals surface area contributed by atoms with Crippen LogP contribution in [0.4, 0.5) is 13.2 Å². The van der Waals surface area contributed by atoms with Gasteiger partial charge in [-0.3, -0.25) is 0 Å². The summed E-state index contributed by atoms with van der Waals surface area (Å²) >= 11 is 0. The standard InChI is InChI=1S/C6H8F3O/c1-2-10-4-3-5(7)6(8)9/h1-4H2. The molecule has 0 saturated heterocycles. The maximum atomic E-state index is 11.9. The average Bonchev–Trinajstić information content (AvgIpc) is 1.88. The highest BCUT2D eigenvalue weighted by atomic mass is 19.3. The first-order valence-corrected chi connectivity index (χ1v) is 2.75. The van der Waals surface area contributed by atoms with Crippen LogP contribution in [-0.4, -0.2) is 13.2 Å². The molecule has 4 heteroatoms. The second-order valence-corrected chi connectivity index (χ2v) is 1.53. The first-order valence-electron chi connectivity index (χ1n) is 2.75. The van der Waals surface area contributed by atoms with Crippen LogP contribution in [0.25, 0.3) is 0 Å². The van der Waals surface area contributed by atoms with E-state index in [4.69, 9.17) is 0 Å². The number of halogens is 3. The van der Waals surface area contributed by atoms with Crippen molar-refractivity contribution >= 4 is 0 Å². The molecule has 1 nitrogen and oxygen atoms in total. The second-order valence-electron chi connectivity index (χ2n) is 1.53. The Morgan fingerprint density at radius 2 is 1.90 bits per heavy atom. The fourth-order valence-electron chi connectivity index (χ4n) is 0.358. The van der Waals surface area contributed by atoms with E-state index in [1.54, 1.807) is 0 Å². The van der Waals surface area contributed by atoms with Crippen molar-refractivity contribution in [1.82, 2.24) is 0 Å². The van der Waals surface area contributed by atoms with Crippen LogP contribution in [0.15, 0.2) is 11.9 Å². The van der Waals surface area contributed by atoms with Crippen molar-refractivity contribution in [2.75, 3.05) is 13.2 Å². The Labute approximate surface area is 57.5 Å². The van der Waals surface area contributed by atoms with Gasteiger partial charge in [0.1, 0.15) is 0 Å². The SMILES string of the molecule is [CH2]COCCC(F)=C(F)F. The van der Waals surface area contributed by atoms with Gasteiger partial charge < -0.3 is 4.74 Å². The third-order valence-electron chi connectivity index (χ3n) is 0.815. The molecule has 0 aliphatic heterocycles. The van der Waals surface area contributed by atoms with Gasteiger partial charge in [-0.15, -0.1) is 0 Å². The van der Waals surface area contributed by atoms with Gasteiger partial charge in [0.05, 0.1) is 6.61 Å². The van der Waals surface area contributed by atoms with Crippen molar-refractivity contribution in [3.05, 3.63) is 18.8 Å². The molecule has 0 amide bonds. The lowest BCUT2D eigenvalue weighted by molar-refractivity contribution is 0.157. The smallest absolute Gasteiger partial charge is 0.301 e. The van der Waals surface area contributed by atoms with E-state index in [0.717, 1.165) is 0 Å². The molecule has 1 radical (unpaired) electrons. The molecule has 0 fully saturated rings. The first kappa shape index (κ1) is 9.49. The molecule has 0 N–H and O–H groups in total. The largest absolute Gasteiger partial charge is 0.381 e. The molecule has 0 aromatic rings. The molecular weight excluding hydrogens is 145 g/mol. The minimum Gasteiger partial charge on any atom is -0.381 e. The van der Waals surface area contributed by atoms with E-state index in [2.05, 4.69) is 11.7 Å². The third kappa shape index (κ3) is 4.38. The van der Waals surface area contributed by atoms with Crippen LogP contribution in [-0.2, 0) is 4.74 Å². The van der Waals surface area contributed by atoms with Gasteiger partial charge in [0.25, 0.3) is 0 Å². The maximum absolute atomic E-state index is 11.9. The van der Waals surface area contributed by atoms with Gasteiger partial charge in [0.2, 0.25) is 0 Å². The Bertz CT molecular complexity index is 118. The summed E-state index contributed by atoms with van der Waals surface area (Å²) in [7, 11) is 0. The van der Waals surface area contributed by atoms with E-state index in [9.17, 15) is 13.2 Å². The summed E-state index contributed by atoms with van der Waals surface area (Å²) in [4.78, 5) is 0. The minimum atomic E-state index is -2.27. The predicted molar refractivity (Wildman–Crippen MR) is 31.1 cm³/mol. The fraction of sp³-hybridized carbons (Fsp3) is 0.500. The van der Waals surface area contributed by atoms with E-state index in [-0.39, 0.29) is 19.6 Å². The zero-order valence-corrected chi connectivity index (χ0v) is 5.37. The fourth-order valence-corrected chi connectivity index (χ4v) is 0.358. The van der Waals surface area contributed by atoms with Crippen molar-refractivity contribution in [3.63, 3.8) is 0 Å². The molecular formula is C6H8F3O. The van der Waals surface area contributed by atoms with E-state index < -0.39 is 11.9 Å². The van der Waals surface area contributed by atoms with Crippen LogP contribution in [0, 0.1) is 6.92 Å². The van der Waals surface area contributed by atoms with Crippen molar-refractivity contribution in [2.45, 2.75) is 6.42 Å². The zero-order chi connectivity index (χ0) is 7.98. The minimum absolute atomic E-state index is 0.0489. The topological polar surface area (TPSA) is 9.23 Å². The lowest BCUT2D eigenvalue weighted by Gasteiger charge is -1.96. The summed E-state index contributed by atoms with van der Waals surface area (Å²) in [6.45, 7) is 3.40. The molecule has 0 aliphatic rings. The van der Waals surface area contributed by atoms with E-state index in [1.165, 1.54) is 0 Å². The number of rotatable bonds is 4. The maximum Gasteiger partial charge on any atom is 0.301 e. The normalized spacial score (nSPS) is 9.60. The van der Waals surface area contributed by atoms with Gasteiger partial charge in [0, 0.05) is 13.0 Å². The molecule has 0 unspecified atom stereocenters. The van der Waals surface area contributed by atoms with Gasteiger partial charge in [0.15, 0.2) is 5.83 Å². The van der Waals surface area contributed by atoms with Crippen LogP contribution >= 0.6 is 0 Å². The van der Waals surface area contributed by atoms with E-state index in [1.807, 2.05) is 0 Å². The second kappa shape index (κ2) is 5.29. The van der Waals surface area contributed by atoms with Crippen LogP contribution < -0.4 is 0 Å². The molecule has 10 heavy (non-hydrogen) atoms. The molecule has 0 bridgehead atoms. The summed E-state index contributed by atoms with van der Waals surface area (Å²) in [6, 6.07) is 0. The Kier molecular flexibility index (Phi) is 5.02. The highest BCUT2D eigenvalue weighted by Crippen LogP contribution is 2.12. The van der Waals surface area contributed by atoms with E-state index >= 15 is 0 Å². The van der Waals surface area contributed by atoms with Crippen LogP contribution in [0.2, 0.25) is 0 Å². The third-order valence-corrected chi connectivity index (χ3v) is 0.815. The Morgan fingerprint density at radius 1 is 1.30 bits per heavy atom. The van der Waals surface area contributed by atoms with Crippen LogP contribution in [0.1, 0.15) is 6.42 Å². The molecule has 0 saturated carbocycles. The van der Waals surface area contributed by atoms with Gasteiger partial charge in [-0.2, -0.15) is 8.78 Å². The summed E-state index contributed by atoms with van der Waals surface area (Å²) in [5.74, 6) is -1.41. The number of hydrogen-bond donors (Lipinski definition) is 0. The molecule has 0 atom stereocenters. The molecule has 59 valence electrons. The predicted octanol–water partition coefficient (Wildman–Crippen LogP) is 2.30. The Hall–Kier alpha value is -0.510. The monoisotopic (exact) mass is 153 g/mol. The number of hydrogen-bond acceptors (Lipinski definition) is 1. The van der Waals surface area contributed by atoms with Crippen LogP contribution in [0.3, 0.4) is 0 Å². The van der Waals surface area contributed by atoms with Gasteiger partial charge >= 0.3 is 6.08 Å². The lowest BCUT2D eigenvalue weighted by atomic mass is 10.4. The van der Waals surface area contributed by atoms with Crippen molar-refractivity contribution in [3.8, 4) is 0 Å². The highest BCUT2D eigenvalue weighted by Gasteiger charge is 2.03. The summed E-state index contributed by atoms with van der Waals surface area (Å²) in [5.41, 5.74) is 0. The Morgan fingerprint density at radius 3 is 2.30 bits per heavy atom. The molecule has 0 spiro atoms. The van der Waals surface area contributed by atoms with E-state index in [0.29, 0.717) is 0 Å². The highest BCUT2D eigenvalue weighted by molar-refractivity contribution is 4.90. The van der Waals surface area contributed by atoms with Crippen molar-refractivity contribution in [2.24, 2.45) is 0 Å². The lowest BCUT2D eigenvalue weighted by Crippen LogP contribution is -1.93. The van der Waals surface area contributed by atoms with Crippen LogP contribution in [0.5, 0.6) is 0 Å². The summed E-state index contributed by atoms with van der Waals surface area (Å²) < 4.78 is 39.0. The molecule has 0 aliphatic carbocycles. The molecule has 0 aromatic carbocycles. The molecule has 0 rings (SSSR count). The van der Waals surface area contributed by atoms with Gasteiger partial charge in [-0.25, -0.2) is 4.39 Å². The summed E-state index contributed by atoms with van der Waals surface area (Å²) in [6.07, 6.45) is -2.65. The van der Waals surface area contributed by atoms with Crippen molar-refractivity contribution < 1.29 is 17.9 Å². The molecule has 0 aromatic heterocycles. The first-order chi connectivity index (χ1) is 4.68. The van der Waals surface area contributed by atoms with Gasteiger partial charge in [-0.1, -0.05) is 0 Å². The molecule has 0 heterocycles. The quantitative estimate of drug-likeness (QED) is 0.563. The number of ether oxygens (including phenoxy) is 1. The van der Waals surface area contributed by atoms with Crippen molar-refractivity contribution in [1.29, 1.82) is 0 Å². The zero-order valence-electron chi connectivity index (χ0n) is 5.37. The Balaban J connectivity index is 3.40. The summed E-state index contributed by atoms with van der Waals surface area (Å²) in [5, 5.41) is 0.